The van der Waals surface area contributed by atoms with Crippen molar-refractivity contribution < 1.29 is 0 Å². The molecule has 0 saturated heterocycles. The minimum atomic E-state index is -2.50. The van der Waals surface area contributed by atoms with Crippen LogP contribution < -0.4 is 0 Å². The van der Waals surface area contributed by atoms with Crippen molar-refractivity contribution in [2.45, 2.75) is 38.9 Å². The number of halogens is 3. The van der Waals surface area contributed by atoms with Gasteiger partial charge in [0.15, 0.2) is 6.46 Å². The Morgan fingerprint density at radius 3 is 1.33 bits per heavy atom. The summed E-state index contributed by atoms with van der Waals surface area (Å²) < 4.78 is 0. The second-order valence-corrected chi connectivity index (χ2v) is 17.3. The monoisotopic (exact) mass is 259 g/mol. The van der Waals surface area contributed by atoms with Crippen LogP contribution in [0.15, 0.2) is 0 Å². The highest BCUT2D eigenvalue weighted by Gasteiger charge is 2.39. The molecule has 0 N–H and O–H groups in total. The highest BCUT2D eigenvalue weighted by atomic mass is 35.8. The number of hydrogen-bond donors (Lipinski definition) is 0. The van der Waals surface area contributed by atoms with Gasteiger partial charge in [-0.3, -0.25) is 0 Å². The molecule has 0 aliphatic heterocycles. The Labute approximate surface area is 92.2 Å². The normalized spacial score (nSPS) is 13.2. The summed E-state index contributed by atoms with van der Waals surface area (Å²) in [5.41, 5.74) is 0. The third kappa shape index (κ3) is 4.56. The van der Waals surface area contributed by atoms with E-state index in [1.54, 1.807) is 0 Å². The van der Waals surface area contributed by atoms with Crippen molar-refractivity contribution >= 4 is 53.5 Å². The summed E-state index contributed by atoms with van der Waals surface area (Å²) in [5.74, 6) is -2.50. The molecule has 0 amide bonds. The lowest BCUT2D eigenvalue weighted by molar-refractivity contribution is 1.22. The molecular weight excluding hydrogens is 245 g/mol. The van der Waals surface area contributed by atoms with E-state index in [-0.39, 0.29) is 0 Å². The van der Waals surface area contributed by atoms with Gasteiger partial charge >= 0.3 is 0 Å². The summed E-state index contributed by atoms with van der Waals surface area (Å²) in [4.78, 5) is 0. The first-order valence-corrected chi connectivity index (χ1v) is 12.1. The molecule has 0 fully saturated rings. The van der Waals surface area contributed by atoms with E-state index in [2.05, 4.69) is 27.2 Å². The predicted molar refractivity (Wildman–Crippen MR) is 66.3 cm³/mol. The Morgan fingerprint density at radius 1 is 0.917 bits per heavy atom. The first kappa shape index (κ1) is 13.4. The van der Waals surface area contributed by atoms with E-state index >= 15 is 0 Å². The Hall–Kier alpha value is 1.37. The molecule has 0 bridgehead atoms. The van der Waals surface area contributed by atoms with Gasteiger partial charge in [-0.2, -0.15) is 0 Å². The molecule has 0 unspecified atom stereocenters. The molecule has 0 nitrogen and oxygen atoms in total. The van der Waals surface area contributed by atoms with Crippen LogP contribution in [0.25, 0.3) is 0 Å². The molecule has 0 aromatic carbocycles. The average molecular weight is 261 g/mol. The lowest BCUT2D eigenvalue weighted by Crippen LogP contribution is -2.48. The molecule has 0 atom stereocenters. The quantitative estimate of drug-likeness (QED) is 0.520. The Kier molecular flexibility index (Phi) is 5.90. The van der Waals surface area contributed by atoms with E-state index in [4.69, 9.17) is 33.2 Å². The SMILES string of the molecule is CC[Si]([B][Si](Cl)(Cl)Cl)(CC)CC. The maximum atomic E-state index is 5.90. The van der Waals surface area contributed by atoms with Gasteiger partial charge in [-0.1, -0.05) is 38.9 Å². The zero-order valence-corrected chi connectivity index (χ0v) is 12.1. The largest absolute Gasteiger partial charge is 0.294 e. The van der Waals surface area contributed by atoms with E-state index in [1.807, 2.05) is 0 Å². The minimum absolute atomic E-state index is 1.20. The highest BCUT2D eigenvalue weighted by molar-refractivity contribution is 7.90. The summed E-state index contributed by atoms with van der Waals surface area (Å²) in [6, 6.07) is 3.59. The molecule has 0 aliphatic carbocycles. The second kappa shape index (κ2) is 5.30. The van der Waals surface area contributed by atoms with Crippen LogP contribution in [-0.4, -0.2) is 20.3 Å². The van der Waals surface area contributed by atoms with Crippen LogP contribution in [0.1, 0.15) is 20.8 Å². The molecule has 0 rings (SSSR count). The van der Waals surface area contributed by atoms with Gasteiger partial charge in [-0.25, -0.2) is 0 Å². The van der Waals surface area contributed by atoms with Crippen LogP contribution >= 0.6 is 33.2 Å². The standard InChI is InChI=1S/C6H15BCl3Si2/c1-4-11(5-2,6-3)7-12(8,9)10/h4-6H2,1-3H3. The van der Waals surface area contributed by atoms with Crippen molar-refractivity contribution in [1.29, 1.82) is 0 Å². The van der Waals surface area contributed by atoms with E-state index in [9.17, 15) is 0 Å². The second-order valence-electron chi connectivity index (χ2n) is 3.11. The van der Waals surface area contributed by atoms with Gasteiger partial charge in [0, 0.05) is 7.94 Å². The van der Waals surface area contributed by atoms with E-state index in [0.29, 0.717) is 0 Å². The van der Waals surface area contributed by atoms with E-state index in [0.717, 1.165) is 0 Å². The molecule has 1 radical (unpaired) electrons. The molecule has 0 aromatic heterocycles. The summed E-state index contributed by atoms with van der Waals surface area (Å²) in [7, 11) is -1.31. The van der Waals surface area contributed by atoms with Gasteiger partial charge in [0.25, 0.3) is 5.87 Å². The van der Waals surface area contributed by atoms with E-state index in [1.165, 1.54) is 18.1 Å². The molecule has 6 heteroatoms. The van der Waals surface area contributed by atoms with Crippen LogP contribution in [0.3, 0.4) is 0 Å². The zero-order chi connectivity index (χ0) is 9.83. The molecule has 71 valence electrons. The topological polar surface area (TPSA) is 0 Å². The third-order valence-corrected chi connectivity index (χ3v) is 13.5. The summed E-state index contributed by atoms with van der Waals surface area (Å²) in [5, 5.41) is 0. The molecule has 0 aromatic rings. The molecule has 12 heavy (non-hydrogen) atoms. The van der Waals surface area contributed by atoms with Gasteiger partial charge in [-0.05, 0) is 0 Å². The Morgan fingerprint density at radius 2 is 1.25 bits per heavy atom. The van der Waals surface area contributed by atoms with Crippen molar-refractivity contribution in [3.8, 4) is 0 Å². The van der Waals surface area contributed by atoms with Crippen molar-refractivity contribution in [1.82, 2.24) is 0 Å². The van der Waals surface area contributed by atoms with Crippen LogP contribution in [-0.2, 0) is 0 Å². The van der Waals surface area contributed by atoms with Gasteiger partial charge < -0.3 is 0 Å². The van der Waals surface area contributed by atoms with Crippen LogP contribution in [0.5, 0.6) is 0 Å². The lowest BCUT2D eigenvalue weighted by Gasteiger charge is -2.29. The van der Waals surface area contributed by atoms with Crippen molar-refractivity contribution in [2.75, 3.05) is 0 Å². The zero-order valence-electron chi connectivity index (χ0n) is 7.83. The van der Waals surface area contributed by atoms with Gasteiger partial charge in [0.1, 0.15) is 0 Å². The number of rotatable bonds is 5. The Bertz CT molecular complexity index is 125. The molecule has 0 aliphatic rings. The van der Waals surface area contributed by atoms with E-state index < -0.39 is 13.8 Å². The van der Waals surface area contributed by atoms with Gasteiger partial charge in [-0.15, -0.1) is 33.2 Å². The highest BCUT2D eigenvalue weighted by Crippen LogP contribution is 2.28. The smallest absolute Gasteiger partial charge is 0.136 e. The summed E-state index contributed by atoms with van der Waals surface area (Å²) in [6.45, 7) is 8.74. The van der Waals surface area contributed by atoms with Crippen LogP contribution in [0.4, 0.5) is 0 Å². The van der Waals surface area contributed by atoms with Crippen molar-refractivity contribution in [3.05, 3.63) is 0 Å². The minimum Gasteiger partial charge on any atom is -0.136 e. The van der Waals surface area contributed by atoms with Crippen molar-refractivity contribution in [3.63, 3.8) is 0 Å². The molecule has 0 saturated carbocycles. The molecule has 0 spiro atoms. The van der Waals surface area contributed by atoms with Crippen LogP contribution in [0, 0.1) is 0 Å². The van der Waals surface area contributed by atoms with Gasteiger partial charge in [0.2, 0.25) is 0 Å². The average Bonchev–Trinajstić information content (AvgIpc) is 1.99. The first-order valence-electron chi connectivity index (χ1n) is 4.33. The fraction of sp³-hybridized carbons (Fsp3) is 1.00. The molecule has 0 heterocycles. The first-order chi connectivity index (χ1) is 5.39. The third-order valence-electron chi connectivity index (χ3n) is 2.58. The Balaban J connectivity index is 4.30. The lowest BCUT2D eigenvalue weighted by atomic mass is 10.7. The van der Waals surface area contributed by atoms with Crippen LogP contribution in [0.2, 0.25) is 18.1 Å². The van der Waals surface area contributed by atoms with Crippen molar-refractivity contribution in [2.24, 2.45) is 0 Å². The number of hydrogen-bond acceptors (Lipinski definition) is 0. The maximum absolute atomic E-state index is 5.90. The fourth-order valence-corrected chi connectivity index (χ4v) is 14.4. The summed E-state index contributed by atoms with van der Waals surface area (Å²) in [6.07, 6.45) is 0. The molecular formula is C6H15BCl3Si2. The maximum Gasteiger partial charge on any atom is 0.294 e. The van der Waals surface area contributed by atoms with Gasteiger partial charge in [0.05, 0.1) is 0 Å². The summed E-state index contributed by atoms with van der Waals surface area (Å²) >= 11 is 17.7. The fourth-order valence-electron chi connectivity index (χ4n) is 1.40. The predicted octanol–water partition coefficient (Wildman–Crippen LogP) is 3.85.